The fourth-order valence-corrected chi connectivity index (χ4v) is 10.7. The molecule has 0 N–H and O–H groups in total. The van der Waals surface area contributed by atoms with Crippen molar-refractivity contribution in [2.24, 2.45) is 0 Å². The number of nitrogens with zero attached hydrogens (tertiary/aromatic N) is 1. The van der Waals surface area contributed by atoms with E-state index in [0.29, 0.717) is 0 Å². The van der Waals surface area contributed by atoms with Gasteiger partial charge in [0, 0.05) is 26.7 Å². The third-order valence-corrected chi connectivity index (χ3v) is 13.4. The van der Waals surface area contributed by atoms with Crippen LogP contribution in [0.4, 0.5) is 0 Å². The van der Waals surface area contributed by atoms with E-state index in [0.717, 1.165) is 32.6 Å². The average Bonchev–Trinajstić information content (AvgIpc) is 3.48. The summed E-state index contributed by atoms with van der Waals surface area (Å²) < 4.78 is 17.9. The molecule has 1 aliphatic heterocycles. The first-order valence-corrected chi connectivity index (χ1v) is 18.3. The minimum absolute atomic E-state index is 0.599. The Bertz CT molecular complexity index is 2480. The summed E-state index contributed by atoms with van der Waals surface area (Å²) in [6.07, 6.45) is 0. The molecule has 1 aromatic heterocycles. The maximum absolute atomic E-state index is 15.5. The van der Waals surface area contributed by atoms with Crippen LogP contribution in [0.3, 0.4) is 0 Å². The molecule has 0 bridgehead atoms. The van der Waals surface area contributed by atoms with Crippen LogP contribution in [0.5, 0.6) is 0 Å². The Hall–Kier alpha value is -5.43. The van der Waals surface area contributed by atoms with E-state index < -0.39 is 12.6 Å². The Morgan fingerprint density at radius 3 is 1.62 bits per heavy atom. The third-order valence-electron chi connectivity index (χ3n) is 10.3. The highest BCUT2D eigenvalue weighted by Crippen LogP contribution is 2.54. The average molecular weight is 636 g/mol. The van der Waals surface area contributed by atoms with Crippen LogP contribution in [0.15, 0.2) is 170 Å². The number of aryl methyl sites for hydroxylation is 2. The highest BCUT2D eigenvalue weighted by Gasteiger charge is 2.45. The zero-order chi connectivity index (χ0) is 32.5. The lowest BCUT2D eigenvalue weighted by Crippen LogP contribution is -2.35. The molecule has 0 radical (unpaired) electrons. The van der Waals surface area contributed by atoms with Gasteiger partial charge in [-0.1, -0.05) is 169 Å². The molecule has 1 aliphatic rings. The second kappa shape index (κ2) is 10.8. The molecule has 2 heterocycles. The van der Waals surface area contributed by atoms with E-state index in [1.165, 1.54) is 44.2 Å². The minimum Gasteiger partial charge on any atom is -0.309 e. The first-order chi connectivity index (χ1) is 23.5. The van der Waals surface area contributed by atoms with Crippen molar-refractivity contribution in [1.29, 1.82) is 0 Å². The van der Waals surface area contributed by atoms with Crippen molar-refractivity contribution in [2.45, 2.75) is 19.3 Å². The fourth-order valence-electron chi connectivity index (χ4n) is 8.06. The maximum Gasteiger partial charge on any atom is 0.171 e. The smallest absolute Gasteiger partial charge is 0.171 e. The molecule has 0 saturated carbocycles. The number of fused-ring (bicyclic) bond motifs is 5. The van der Waals surface area contributed by atoms with Crippen LogP contribution in [0.2, 0.25) is 0 Å². The molecule has 3 heteroatoms. The minimum atomic E-state index is -3.16. The van der Waals surface area contributed by atoms with Crippen molar-refractivity contribution in [3.05, 3.63) is 203 Å². The first kappa shape index (κ1) is 28.8. The quantitative estimate of drug-likeness (QED) is 0.173. The summed E-state index contributed by atoms with van der Waals surface area (Å²) in [7, 11) is -3.16. The highest BCUT2D eigenvalue weighted by atomic mass is 31.2. The summed E-state index contributed by atoms with van der Waals surface area (Å²) in [5.41, 5.74) is 10.1. The van der Waals surface area contributed by atoms with Gasteiger partial charge in [-0.25, -0.2) is 0 Å². The van der Waals surface area contributed by atoms with Crippen LogP contribution in [-0.2, 0) is 9.98 Å². The molecule has 2 nitrogen and oxygen atoms in total. The Morgan fingerprint density at radius 2 is 0.958 bits per heavy atom. The molecule has 0 fully saturated rings. The highest BCUT2D eigenvalue weighted by molar-refractivity contribution is 7.85. The van der Waals surface area contributed by atoms with Crippen LogP contribution >= 0.6 is 7.14 Å². The van der Waals surface area contributed by atoms with Crippen LogP contribution in [0.25, 0.3) is 27.5 Å². The molecule has 7 aromatic carbocycles. The van der Waals surface area contributed by atoms with Gasteiger partial charge in [0.05, 0.1) is 22.1 Å². The van der Waals surface area contributed by atoms with Crippen molar-refractivity contribution < 1.29 is 4.57 Å². The Balaban J connectivity index is 1.35. The molecular formula is C45H34NOP. The van der Waals surface area contributed by atoms with Gasteiger partial charge in [-0.2, -0.15) is 0 Å². The van der Waals surface area contributed by atoms with Gasteiger partial charge >= 0.3 is 0 Å². The Morgan fingerprint density at radius 1 is 0.458 bits per heavy atom. The van der Waals surface area contributed by atoms with Crippen molar-refractivity contribution >= 4 is 44.9 Å². The topological polar surface area (TPSA) is 22.0 Å². The molecule has 8 aromatic rings. The van der Waals surface area contributed by atoms with E-state index in [1.807, 2.05) is 24.3 Å². The molecule has 48 heavy (non-hydrogen) atoms. The molecule has 1 unspecified atom stereocenters. The monoisotopic (exact) mass is 635 g/mol. The second-order valence-corrected chi connectivity index (χ2v) is 15.8. The van der Waals surface area contributed by atoms with Gasteiger partial charge in [0.1, 0.15) is 0 Å². The number of benzene rings is 7. The number of hydrogen-bond acceptors (Lipinski definition) is 1. The lowest BCUT2D eigenvalue weighted by atomic mass is 9.63. The van der Waals surface area contributed by atoms with E-state index in [-0.39, 0.29) is 0 Å². The van der Waals surface area contributed by atoms with Gasteiger partial charge < -0.3 is 9.13 Å². The maximum atomic E-state index is 15.5. The summed E-state index contributed by atoms with van der Waals surface area (Å²) in [4.78, 5) is 0. The first-order valence-electron chi connectivity index (χ1n) is 16.5. The number of rotatable bonds is 5. The van der Waals surface area contributed by atoms with Crippen LogP contribution in [0.1, 0.15) is 33.4 Å². The van der Waals surface area contributed by atoms with Crippen LogP contribution in [0, 0.1) is 13.8 Å². The predicted octanol–water partition coefficient (Wildman–Crippen LogP) is 9.74. The van der Waals surface area contributed by atoms with E-state index in [2.05, 4.69) is 164 Å². The van der Waals surface area contributed by atoms with Crippen molar-refractivity contribution in [1.82, 2.24) is 4.57 Å². The fraction of sp³-hybridized carbons (Fsp3) is 0.0667. The SMILES string of the molecule is Cc1ccc(P(=O)(c2ccc(C)cc2)c2ccc(C3(c4ccccc4)c4ccccc4-n4c5ccccc5c5cccc3c54)cc2)cc1. The molecule has 1 atom stereocenters. The Labute approximate surface area is 281 Å². The zero-order valence-electron chi connectivity index (χ0n) is 27.0. The van der Waals surface area contributed by atoms with Crippen molar-refractivity contribution in [2.75, 3.05) is 0 Å². The van der Waals surface area contributed by atoms with Gasteiger partial charge in [-0.05, 0) is 48.2 Å². The number of para-hydroxylation sites is 3. The van der Waals surface area contributed by atoms with E-state index >= 15 is 4.57 Å². The Kier molecular flexibility index (Phi) is 6.48. The van der Waals surface area contributed by atoms with E-state index in [4.69, 9.17) is 0 Å². The summed E-state index contributed by atoms with van der Waals surface area (Å²) in [6, 6.07) is 60.3. The lowest BCUT2D eigenvalue weighted by Gasteiger charge is -2.41. The molecular weight excluding hydrogens is 601 g/mol. The lowest BCUT2D eigenvalue weighted by molar-refractivity contribution is 0.592. The molecule has 0 amide bonds. The molecule has 0 aliphatic carbocycles. The molecule has 0 spiro atoms. The third kappa shape index (κ3) is 3.97. The van der Waals surface area contributed by atoms with Gasteiger partial charge in [0.25, 0.3) is 0 Å². The van der Waals surface area contributed by atoms with E-state index in [9.17, 15) is 0 Å². The van der Waals surface area contributed by atoms with E-state index in [1.54, 1.807) is 0 Å². The second-order valence-electron chi connectivity index (χ2n) is 13.0. The predicted molar refractivity (Wildman–Crippen MR) is 202 cm³/mol. The van der Waals surface area contributed by atoms with Crippen LogP contribution < -0.4 is 15.9 Å². The molecule has 230 valence electrons. The summed E-state index contributed by atoms with van der Waals surface area (Å²) in [6.45, 7) is 4.14. The standard InChI is InChI=1S/C45H34NOP/c1-31-19-25-35(26-20-31)48(47,36-27-21-32(2)22-28-36)37-29-23-34(24-30-37)45(33-11-4-3-5-12-33)40-15-7-9-18-43(40)46-42-17-8-6-13-38(42)39-14-10-16-41(45)44(39)46/h3-30H,1-2H3. The largest absolute Gasteiger partial charge is 0.309 e. The zero-order valence-corrected chi connectivity index (χ0v) is 27.9. The summed E-state index contributed by atoms with van der Waals surface area (Å²) in [5, 5.41) is 5.02. The van der Waals surface area contributed by atoms with Gasteiger partial charge in [-0.3, -0.25) is 0 Å². The van der Waals surface area contributed by atoms with Crippen molar-refractivity contribution in [3.63, 3.8) is 0 Å². The molecule has 0 saturated heterocycles. The van der Waals surface area contributed by atoms with Crippen LogP contribution in [-0.4, -0.2) is 4.57 Å². The molecule has 9 rings (SSSR count). The summed E-state index contributed by atoms with van der Waals surface area (Å²) >= 11 is 0. The van der Waals surface area contributed by atoms with Gasteiger partial charge in [0.15, 0.2) is 7.14 Å². The van der Waals surface area contributed by atoms with Crippen molar-refractivity contribution in [3.8, 4) is 5.69 Å². The van der Waals surface area contributed by atoms with Gasteiger partial charge in [-0.15, -0.1) is 0 Å². The van der Waals surface area contributed by atoms with Gasteiger partial charge in [0.2, 0.25) is 0 Å². The normalized spacial score (nSPS) is 15.5. The summed E-state index contributed by atoms with van der Waals surface area (Å²) in [5.74, 6) is 0. The number of hydrogen-bond donors (Lipinski definition) is 0. The number of aromatic nitrogens is 1.